The standard InChI is InChI=1S/C14H16N2O2S/c1-10-9-19-13(15-10)11-3-2-5-16(7-11)14(17)12-4-6-18-8-12/h4,6,8-9,11H,2-3,5,7H2,1H3/t11-/m0/s1. The summed E-state index contributed by atoms with van der Waals surface area (Å²) in [6.45, 7) is 3.60. The third-order valence-corrected chi connectivity index (χ3v) is 4.59. The first-order valence-corrected chi connectivity index (χ1v) is 7.35. The van der Waals surface area contributed by atoms with Gasteiger partial charge in [-0.1, -0.05) is 0 Å². The van der Waals surface area contributed by atoms with Crippen LogP contribution in [0.2, 0.25) is 0 Å². The molecule has 0 unspecified atom stereocenters. The van der Waals surface area contributed by atoms with Gasteiger partial charge in [0.15, 0.2) is 0 Å². The highest BCUT2D eigenvalue weighted by atomic mass is 32.1. The highest BCUT2D eigenvalue weighted by Gasteiger charge is 2.27. The maximum Gasteiger partial charge on any atom is 0.257 e. The molecule has 3 rings (SSSR count). The Morgan fingerprint density at radius 2 is 2.47 bits per heavy atom. The lowest BCUT2D eigenvalue weighted by molar-refractivity contribution is 0.0706. The van der Waals surface area contributed by atoms with E-state index in [1.165, 1.54) is 6.26 Å². The summed E-state index contributed by atoms with van der Waals surface area (Å²) in [4.78, 5) is 18.8. The van der Waals surface area contributed by atoms with Gasteiger partial charge in [-0.3, -0.25) is 4.79 Å². The smallest absolute Gasteiger partial charge is 0.257 e. The highest BCUT2D eigenvalue weighted by molar-refractivity contribution is 7.09. The number of aryl methyl sites for hydroxylation is 1. The first-order valence-electron chi connectivity index (χ1n) is 6.47. The number of likely N-dealkylation sites (tertiary alicyclic amines) is 1. The van der Waals surface area contributed by atoms with Crippen LogP contribution in [-0.4, -0.2) is 28.9 Å². The third kappa shape index (κ3) is 2.56. The molecule has 1 amide bonds. The van der Waals surface area contributed by atoms with Crippen molar-refractivity contribution in [1.82, 2.24) is 9.88 Å². The molecule has 0 radical (unpaired) electrons. The lowest BCUT2D eigenvalue weighted by atomic mass is 9.98. The van der Waals surface area contributed by atoms with Crippen LogP contribution in [0.1, 0.15) is 39.8 Å². The maximum absolute atomic E-state index is 12.3. The Morgan fingerprint density at radius 1 is 1.58 bits per heavy atom. The van der Waals surface area contributed by atoms with E-state index < -0.39 is 0 Å². The molecule has 0 bridgehead atoms. The fourth-order valence-corrected chi connectivity index (χ4v) is 3.42. The first-order chi connectivity index (χ1) is 9.24. The Hall–Kier alpha value is -1.62. The Bertz CT molecular complexity index is 562. The summed E-state index contributed by atoms with van der Waals surface area (Å²) < 4.78 is 4.98. The summed E-state index contributed by atoms with van der Waals surface area (Å²) in [5, 5.41) is 3.23. The number of rotatable bonds is 2. The van der Waals surface area contributed by atoms with Gasteiger partial charge in [-0.2, -0.15) is 0 Å². The Labute approximate surface area is 116 Å². The number of aromatic nitrogens is 1. The molecule has 0 spiro atoms. The van der Waals surface area contributed by atoms with Gasteiger partial charge in [-0.15, -0.1) is 11.3 Å². The van der Waals surface area contributed by atoms with Gasteiger partial charge >= 0.3 is 0 Å². The number of carbonyl (C=O) groups excluding carboxylic acids is 1. The monoisotopic (exact) mass is 276 g/mol. The van der Waals surface area contributed by atoms with E-state index in [9.17, 15) is 4.79 Å². The molecule has 1 aliphatic rings. The molecular weight excluding hydrogens is 260 g/mol. The maximum atomic E-state index is 12.3. The minimum absolute atomic E-state index is 0.0618. The molecule has 1 atom stereocenters. The topological polar surface area (TPSA) is 46.3 Å². The first kappa shape index (κ1) is 12.4. The number of furan rings is 1. The molecule has 0 saturated carbocycles. The predicted molar refractivity (Wildman–Crippen MR) is 73.4 cm³/mol. The Balaban J connectivity index is 1.73. The molecule has 3 heterocycles. The van der Waals surface area contributed by atoms with Crippen molar-refractivity contribution in [1.29, 1.82) is 0 Å². The van der Waals surface area contributed by atoms with E-state index in [4.69, 9.17) is 4.42 Å². The summed E-state index contributed by atoms with van der Waals surface area (Å²) in [5.74, 6) is 0.440. The van der Waals surface area contributed by atoms with Crippen LogP contribution in [0.3, 0.4) is 0 Å². The fourth-order valence-electron chi connectivity index (χ4n) is 2.49. The molecule has 1 fully saturated rings. The molecule has 19 heavy (non-hydrogen) atoms. The molecule has 1 aliphatic heterocycles. The molecular formula is C14H16N2O2S. The number of hydrogen-bond donors (Lipinski definition) is 0. The van der Waals surface area contributed by atoms with Crippen molar-refractivity contribution in [2.75, 3.05) is 13.1 Å². The summed E-state index contributed by atoms with van der Waals surface area (Å²) in [6, 6.07) is 1.72. The summed E-state index contributed by atoms with van der Waals surface area (Å²) in [7, 11) is 0. The van der Waals surface area contributed by atoms with E-state index in [0.29, 0.717) is 11.5 Å². The number of thiazole rings is 1. The zero-order valence-corrected chi connectivity index (χ0v) is 11.7. The van der Waals surface area contributed by atoms with Crippen molar-refractivity contribution >= 4 is 17.2 Å². The van der Waals surface area contributed by atoms with Crippen molar-refractivity contribution in [2.45, 2.75) is 25.7 Å². The second kappa shape index (κ2) is 5.17. The van der Waals surface area contributed by atoms with Crippen LogP contribution >= 0.6 is 11.3 Å². The van der Waals surface area contributed by atoms with Crippen molar-refractivity contribution in [3.8, 4) is 0 Å². The van der Waals surface area contributed by atoms with Crippen molar-refractivity contribution in [3.63, 3.8) is 0 Å². The molecule has 2 aromatic rings. The number of amides is 1. The van der Waals surface area contributed by atoms with Crippen LogP contribution in [-0.2, 0) is 0 Å². The van der Waals surface area contributed by atoms with E-state index in [0.717, 1.165) is 36.6 Å². The average Bonchev–Trinajstić information content (AvgIpc) is 3.09. The van der Waals surface area contributed by atoms with Crippen molar-refractivity contribution < 1.29 is 9.21 Å². The van der Waals surface area contributed by atoms with Gasteiger partial charge in [0.1, 0.15) is 6.26 Å². The molecule has 2 aromatic heterocycles. The minimum Gasteiger partial charge on any atom is -0.472 e. The molecule has 4 nitrogen and oxygen atoms in total. The number of piperidine rings is 1. The van der Waals surface area contributed by atoms with E-state index in [1.807, 2.05) is 11.8 Å². The molecule has 5 heteroatoms. The molecule has 0 N–H and O–H groups in total. The Kier molecular flexibility index (Phi) is 3.38. The van der Waals surface area contributed by atoms with Gasteiger partial charge in [0.2, 0.25) is 0 Å². The van der Waals surface area contributed by atoms with Gasteiger partial charge in [0.05, 0.1) is 16.8 Å². The fraction of sp³-hybridized carbons (Fsp3) is 0.429. The number of hydrogen-bond acceptors (Lipinski definition) is 4. The summed E-state index contributed by atoms with van der Waals surface area (Å²) >= 11 is 1.70. The normalized spacial score (nSPS) is 19.6. The van der Waals surface area contributed by atoms with E-state index in [1.54, 1.807) is 23.7 Å². The van der Waals surface area contributed by atoms with Gasteiger partial charge in [-0.25, -0.2) is 4.98 Å². The van der Waals surface area contributed by atoms with Crippen molar-refractivity contribution in [3.05, 3.63) is 40.2 Å². The van der Waals surface area contributed by atoms with E-state index in [-0.39, 0.29) is 5.91 Å². The quantitative estimate of drug-likeness (QED) is 0.847. The van der Waals surface area contributed by atoms with Gasteiger partial charge in [0.25, 0.3) is 5.91 Å². The van der Waals surface area contributed by atoms with Crippen LogP contribution in [0.15, 0.2) is 28.4 Å². The van der Waals surface area contributed by atoms with Crippen LogP contribution in [0.5, 0.6) is 0 Å². The summed E-state index contributed by atoms with van der Waals surface area (Å²) in [5.41, 5.74) is 1.70. The SMILES string of the molecule is Cc1csc([C@H]2CCCN(C(=O)c3ccoc3)C2)n1. The highest BCUT2D eigenvalue weighted by Crippen LogP contribution is 2.29. The third-order valence-electron chi connectivity index (χ3n) is 3.46. The minimum atomic E-state index is 0.0618. The van der Waals surface area contributed by atoms with Crippen LogP contribution in [0.4, 0.5) is 0 Å². The second-order valence-electron chi connectivity index (χ2n) is 4.93. The van der Waals surface area contributed by atoms with E-state index in [2.05, 4.69) is 10.4 Å². The Morgan fingerprint density at radius 3 is 3.16 bits per heavy atom. The lowest BCUT2D eigenvalue weighted by Gasteiger charge is -2.31. The van der Waals surface area contributed by atoms with Gasteiger partial charge in [-0.05, 0) is 25.8 Å². The molecule has 0 aliphatic carbocycles. The number of carbonyl (C=O) groups is 1. The van der Waals surface area contributed by atoms with E-state index >= 15 is 0 Å². The largest absolute Gasteiger partial charge is 0.472 e. The molecule has 100 valence electrons. The lowest BCUT2D eigenvalue weighted by Crippen LogP contribution is -2.38. The van der Waals surface area contributed by atoms with Gasteiger partial charge < -0.3 is 9.32 Å². The zero-order chi connectivity index (χ0) is 13.2. The predicted octanol–water partition coefficient (Wildman–Crippen LogP) is 3.06. The average molecular weight is 276 g/mol. The van der Waals surface area contributed by atoms with Gasteiger partial charge in [0, 0.05) is 30.1 Å². The van der Waals surface area contributed by atoms with Crippen LogP contribution in [0, 0.1) is 6.92 Å². The van der Waals surface area contributed by atoms with Crippen molar-refractivity contribution in [2.24, 2.45) is 0 Å². The molecule has 1 saturated heterocycles. The van der Waals surface area contributed by atoms with Crippen LogP contribution < -0.4 is 0 Å². The molecule has 0 aromatic carbocycles. The zero-order valence-electron chi connectivity index (χ0n) is 10.8. The van der Waals surface area contributed by atoms with Crippen LogP contribution in [0.25, 0.3) is 0 Å². The second-order valence-corrected chi connectivity index (χ2v) is 5.82. The summed E-state index contributed by atoms with van der Waals surface area (Å²) in [6.07, 6.45) is 5.20. The number of nitrogens with zero attached hydrogens (tertiary/aromatic N) is 2.